The Morgan fingerprint density at radius 2 is 1.55 bits per heavy atom. The van der Waals surface area contributed by atoms with Crippen LogP contribution in [0.5, 0.6) is 0 Å². The van der Waals surface area contributed by atoms with Gasteiger partial charge in [0.1, 0.15) is 10.0 Å². The maximum Gasteiger partial charge on any atom is 0.340 e. The lowest BCUT2D eigenvalue weighted by atomic mass is 9.79. The predicted octanol–water partition coefficient (Wildman–Crippen LogP) is 3.68. The quantitative estimate of drug-likeness (QED) is 0.594. The number of hydrogen-bond donors (Lipinski definition) is 3. The zero-order valence-electron chi connectivity index (χ0n) is 15.6. The normalized spacial score (nSPS) is 18.7. The number of esters is 1. The van der Waals surface area contributed by atoms with Crippen molar-refractivity contribution in [3.8, 4) is 0 Å². The number of carboxylic acid groups (broad SMARTS) is 1. The Bertz CT molecular complexity index is 935. The lowest BCUT2D eigenvalue weighted by Crippen LogP contribution is -2.36. The molecule has 0 spiro atoms. The Balaban J connectivity index is 1.73. The highest BCUT2D eigenvalue weighted by Gasteiger charge is 2.36. The zero-order chi connectivity index (χ0) is 21.0. The molecule has 10 heteroatoms. The highest BCUT2D eigenvalue weighted by atomic mass is 32.1. The highest BCUT2D eigenvalue weighted by Crippen LogP contribution is 2.33. The number of rotatable bonds is 6. The summed E-state index contributed by atoms with van der Waals surface area (Å²) in [4.78, 5) is 48.6. The second-order valence-corrected chi connectivity index (χ2v) is 8.43. The summed E-state index contributed by atoms with van der Waals surface area (Å²) in [6, 6.07) is 3.12. The van der Waals surface area contributed by atoms with E-state index in [0.29, 0.717) is 22.8 Å². The van der Waals surface area contributed by atoms with Gasteiger partial charge in [-0.05, 0) is 35.7 Å². The molecular formula is C19H20N2O6S2. The minimum atomic E-state index is -0.970. The van der Waals surface area contributed by atoms with Gasteiger partial charge in [-0.3, -0.25) is 14.4 Å². The summed E-state index contributed by atoms with van der Waals surface area (Å²) in [7, 11) is 1.26. The lowest BCUT2D eigenvalue weighted by molar-refractivity contribution is -0.147. The van der Waals surface area contributed by atoms with Crippen LogP contribution < -0.4 is 10.6 Å². The molecule has 0 unspecified atom stereocenters. The van der Waals surface area contributed by atoms with Crippen molar-refractivity contribution in [2.24, 2.45) is 11.8 Å². The first kappa shape index (κ1) is 21.0. The van der Waals surface area contributed by atoms with Crippen LogP contribution in [0.4, 0.5) is 10.0 Å². The molecule has 1 aliphatic rings. The number of ether oxygens (including phenoxy) is 1. The molecule has 1 aliphatic carbocycles. The van der Waals surface area contributed by atoms with E-state index < -0.39 is 29.7 Å². The van der Waals surface area contributed by atoms with E-state index in [9.17, 15) is 24.3 Å². The molecule has 29 heavy (non-hydrogen) atoms. The van der Waals surface area contributed by atoms with Gasteiger partial charge in [0.05, 0.1) is 30.1 Å². The molecule has 2 aromatic heterocycles. The van der Waals surface area contributed by atoms with E-state index in [1.807, 2.05) is 0 Å². The second-order valence-electron chi connectivity index (χ2n) is 6.60. The lowest BCUT2D eigenvalue weighted by Gasteiger charge is -2.27. The maximum atomic E-state index is 12.7. The smallest absolute Gasteiger partial charge is 0.340 e. The molecule has 3 rings (SSSR count). The van der Waals surface area contributed by atoms with Gasteiger partial charge in [0, 0.05) is 0 Å². The molecule has 0 aliphatic heterocycles. The molecular weight excluding hydrogens is 416 g/mol. The molecule has 154 valence electrons. The van der Waals surface area contributed by atoms with Crippen LogP contribution >= 0.6 is 22.7 Å². The van der Waals surface area contributed by atoms with Crippen molar-refractivity contribution in [2.45, 2.75) is 25.7 Å². The summed E-state index contributed by atoms with van der Waals surface area (Å²) in [5, 5.41) is 18.8. The zero-order valence-corrected chi connectivity index (χ0v) is 17.2. The van der Waals surface area contributed by atoms with Crippen molar-refractivity contribution in [3.05, 3.63) is 34.0 Å². The Morgan fingerprint density at radius 1 is 0.966 bits per heavy atom. The third-order valence-electron chi connectivity index (χ3n) is 4.86. The fraction of sp³-hybridized carbons (Fsp3) is 0.368. The Kier molecular flexibility index (Phi) is 6.65. The van der Waals surface area contributed by atoms with Crippen LogP contribution in [-0.4, -0.2) is 36.0 Å². The van der Waals surface area contributed by atoms with Crippen LogP contribution in [-0.2, 0) is 14.3 Å². The van der Waals surface area contributed by atoms with Gasteiger partial charge in [-0.15, -0.1) is 22.7 Å². The van der Waals surface area contributed by atoms with Gasteiger partial charge in [0.25, 0.3) is 5.91 Å². The summed E-state index contributed by atoms with van der Waals surface area (Å²) < 4.78 is 4.69. The molecule has 1 fully saturated rings. The van der Waals surface area contributed by atoms with Crippen LogP contribution in [0.1, 0.15) is 46.4 Å². The Morgan fingerprint density at radius 3 is 2.17 bits per heavy atom. The largest absolute Gasteiger partial charge is 0.481 e. The van der Waals surface area contributed by atoms with Gasteiger partial charge in [-0.2, -0.15) is 0 Å². The molecule has 2 heterocycles. The minimum Gasteiger partial charge on any atom is -0.481 e. The molecule has 2 atom stereocenters. The van der Waals surface area contributed by atoms with Gasteiger partial charge >= 0.3 is 11.9 Å². The first-order valence-electron chi connectivity index (χ1n) is 9.00. The third-order valence-corrected chi connectivity index (χ3v) is 6.52. The van der Waals surface area contributed by atoms with Gasteiger partial charge < -0.3 is 20.5 Å². The maximum absolute atomic E-state index is 12.7. The molecule has 2 aromatic rings. The van der Waals surface area contributed by atoms with Gasteiger partial charge in [0.15, 0.2) is 0 Å². The summed E-state index contributed by atoms with van der Waals surface area (Å²) in [5.41, 5.74) is 0.494. The summed E-state index contributed by atoms with van der Waals surface area (Å²) >= 11 is 2.36. The van der Waals surface area contributed by atoms with E-state index in [2.05, 4.69) is 10.6 Å². The average molecular weight is 437 g/mol. The summed E-state index contributed by atoms with van der Waals surface area (Å²) in [6.45, 7) is 0. The van der Waals surface area contributed by atoms with Crippen LogP contribution in [0.3, 0.4) is 0 Å². The van der Waals surface area contributed by atoms with Crippen LogP contribution in [0.25, 0.3) is 0 Å². The fourth-order valence-corrected chi connectivity index (χ4v) is 4.93. The molecule has 0 radical (unpaired) electrons. The van der Waals surface area contributed by atoms with Crippen LogP contribution in [0, 0.1) is 11.8 Å². The number of methoxy groups -OCH3 is 1. The van der Waals surface area contributed by atoms with Crippen molar-refractivity contribution >= 4 is 56.4 Å². The van der Waals surface area contributed by atoms with E-state index in [1.165, 1.54) is 29.8 Å². The number of carbonyl (C=O) groups is 4. The molecule has 3 N–H and O–H groups in total. The first-order valence-corrected chi connectivity index (χ1v) is 10.8. The number of carboxylic acids is 1. The van der Waals surface area contributed by atoms with Crippen molar-refractivity contribution in [3.63, 3.8) is 0 Å². The van der Waals surface area contributed by atoms with Crippen LogP contribution in [0.15, 0.2) is 22.9 Å². The standard InChI is InChI=1S/C19H20N2O6S2/c1-27-19(26)13-7-9-29-17(13)21-15(23)12-6-8-28-16(12)20-14(22)10-4-2-3-5-11(10)18(24)25/h6-11H,2-5H2,1H3,(H,20,22)(H,21,23)(H,24,25)/t10-,11-/m0/s1. The number of hydrogen-bond acceptors (Lipinski definition) is 7. The van der Waals surface area contributed by atoms with Gasteiger partial charge in [0.2, 0.25) is 5.91 Å². The van der Waals surface area contributed by atoms with Gasteiger partial charge in [-0.1, -0.05) is 12.8 Å². The van der Waals surface area contributed by atoms with E-state index in [1.54, 1.807) is 22.9 Å². The Labute approximate surface area is 174 Å². The van der Waals surface area contributed by atoms with E-state index in [0.717, 1.165) is 12.8 Å². The molecule has 2 amide bonds. The minimum absolute atomic E-state index is 0.246. The summed E-state index contributed by atoms with van der Waals surface area (Å²) in [6.07, 6.45) is 2.57. The number of nitrogens with one attached hydrogen (secondary N) is 2. The molecule has 0 bridgehead atoms. The van der Waals surface area contributed by atoms with E-state index in [-0.39, 0.29) is 17.0 Å². The first-order chi connectivity index (χ1) is 13.9. The average Bonchev–Trinajstić information content (AvgIpc) is 3.36. The molecule has 0 aromatic carbocycles. The van der Waals surface area contributed by atoms with E-state index >= 15 is 0 Å². The van der Waals surface area contributed by atoms with E-state index in [4.69, 9.17) is 4.74 Å². The molecule has 8 nitrogen and oxygen atoms in total. The summed E-state index contributed by atoms with van der Waals surface area (Å²) in [5.74, 6) is -3.73. The predicted molar refractivity (Wildman–Crippen MR) is 110 cm³/mol. The van der Waals surface area contributed by atoms with Crippen LogP contribution in [0.2, 0.25) is 0 Å². The van der Waals surface area contributed by atoms with Crippen molar-refractivity contribution < 1.29 is 29.0 Å². The SMILES string of the molecule is COC(=O)c1ccsc1NC(=O)c1ccsc1NC(=O)[C@H]1CCCC[C@@H]1C(=O)O. The highest BCUT2D eigenvalue weighted by molar-refractivity contribution is 7.15. The third kappa shape index (κ3) is 4.65. The van der Waals surface area contributed by atoms with Crippen molar-refractivity contribution in [1.82, 2.24) is 0 Å². The Hall–Kier alpha value is -2.72. The molecule has 0 saturated heterocycles. The number of thiophene rings is 2. The number of anilines is 2. The topological polar surface area (TPSA) is 122 Å². The number of aliphatic carboxylic acids is 1. The molecule has 1 saturated carbocycles. The van der Waals surface area contributed by atoms with Crippen molar-refractivity contribution in [2.75, 3.05) is 17.7 Å². The fourth-order valence-electron chi connectivity index (χ4n) is 3.38. The number of carbonyl (C=O) groups excluding carboxylic acids is 3. The van der Waals surface area contributed by atoms with Crippen molar-refractivity contribution in [1.29, 1.82) is 0 Å². The van der Waals surface area contributed by atoms with Gasteiger partial charge in [-0.25, -0.2) is 4.79 Å². The number of amides is 2. The monoisotopic (exact) mass is 436 g/mol. The second kappa shape index (κ2) is 9.19.